The molecule has 0 aromatic carbocycles. The summed E-state index contributed by atoms with van der Waals surface area (Å²) in [5, 5.41) is 12.8. The Hall–Kier alpha value is -1.25. The molecule has 9 heteroatoms. The summed E-state index contributed by atoms with van der Waals surface area (Å²) >= 11 is 7.20. The number of hydrogen-bond acceptors (Lipinski definition) is 7. The second-order valence-electron chi connectivity index (χ2n) is 3.07. The molecule has 0 spiro atoms. The second kappa shape index (κ2) is 5.39. The minimum absolute atomic E-state index is 0.311. The van der Waals surface area contributed by atoms with Gasteiger partial charge in [-0.1, -0.05) is 11.6 Å². The summed E-state index contributed by atoms with van der Waals surface area (Å²) in [6.45, 7) is 0.311. The average Bonchev–Trinajstić information content (AvgIpc) is 2.64. The molecule has 2 aromatic heterocycles. The lowest BCUT2D eigenvalue weighted by Gasteiger charge is -2.03. The van der Waals surface area contributed by atoms with Gasteiger partial charge in [-0.05, 0) is 22.2 Å². The zero-order chi connectivity index (χ0) is 12.3. The van der Waals surface area contributed by atoms with Gasteiger partial charge < -0.3 is 4.74 Å². The first kappa shape index (κ1) is 12.2. The van der Waals surface area contributed by atoms with Gasteiger partial charge in [0.2, 0.25) is 5.16 Å². The number of hydrogen-bond donors (Lipinski definition) is 0. The Kier molecular flexibility index (Phi) is 3.87. The highest BCUT2D eigenvalue weighted by atomic mass is 35.5. The molecule has 0 aliphatic heterocycles. The largest absolute Gasteiger partial charge is 0.377 e. The van der Waals surface area contributed by atoms with Crippen LogP contribution in [0, 0.1) is 0 Å². The van der Waals surface area contributed by atoms with Crippen LogP contribution in [-0.4, -0.2) is 37.3 Å². The molecule has 17 heavy (non-hydrogen) atoms. The molecule has 0 N–H and O–H groups in total. The molecular formula is C8H9ClN6OS. The maximum Gasteiger partial charge on any atom is 0.215 e. The van der Waals surface area contributed by atoms with Crippen LogP contribution in [0.4, 0.5) is 0 Å². The molecule has 0 bridgehead atoms. The van der Waals surface area contributed by atoms with Crippen molar-refractivity contribution in [2.45, 2.75) is 16.8 Å². The zero-order valence-corrected chi connectivity index (χ0v) is 10.7. The fourth-order valence-corrected chi connectivity index (χ4v) is 2.11. The molecular weight excluding hydrogens is 264 g/mol. The summed E-state index contributed by atoms with van der Waals surface area (Å²) < 4.78 is 6.51. The van der Waals surface area contributed by atoms with Gasteiger partial charge in [0.15, 0.2) is 5.82 Å². The first-order valence-corrected chi connectivity index (χ1v) is 5.81. The van der Waals surface area contributed by atoms with Gasteiger partial charge in [-0.25, -0.2) is 14.6 Å². The molecule has 2 heterocycles. The maximum atomic E-state index is 5.89. The van der Waals surface area contributed by atoms with Gasteiger partial charge >= 0.3 is 0 Å². The van der Waals surface area contributed by atoms with Gasteiger partial charge in [-0.3, -0.25) is 0 Å². The van der Waals surface area contributed by atoms with Crippen molar-refractivity contribution in [1.82, 2.24) is 30.2 Å². The van der Waals surface area contributed by atoms with E-state index in [2.05, 4.69) is 25.5 Å². The van der Waals surface area contributed by atoms with Crippen molar-refractivity contribution in [2.75, 3.05) is 7.11 Å². The molecule has 0 fully saturated rings. The quantitative estimate of drug-likeness (QED) is 0.767. The molecule has 2 rings (SSSR count). The first-order chi connectivity index (χ1) is 8.19. The number of methoxy groups -OCH3 is 1. The molecule has 0 unspecified atom stereocenters. The predicted molar refractivity (Wildman–Crippen MR) is 60.7 cm³/mol. The van der Waals surface area contributed by atoms with E-state index in [1.165, 1.54) is 11.8 Å². The zero-order valence-electron chi connectivity index (χ0n) is 9.16. The monoisotopic (exact) mass is 272 g/mol. The van der Waals surface area contributed by atoms with E-state index in [0.29, 0.717) is 27.8 Å². The molecule has 0 radical (unpaired) electrons. The Morgan fingerprint density at radius 3 is 2.94 bits per heavy atom. The van der Waals surface area contributed by atoms with Crippen molar-refractivity contribution in [3.8, 4) is 0 Å². The Bertz CT molecular complexity index is 518. The third kappa shape index (κ3) is 3.11. The SMILES string of the molecule is COCc1nc(Cl)cc(Sc2nnnn2C)n1. The molecule has 0 aliphatic rings. The highest BCUT2D eigenvalue weighted by Gasteiger charge is 2.09. The lowest BCUT2D eigenvalue weighted by Crippen LogP contribution is -1.99. The number of ether oxygens (including phenoxy) is 1. The molecule has 0 aliphatic carbocycles. The summed E-state index contributed by atoms with van der Waals surface area (Å²) in [5.74, 6) is 0.526. The highest BCUT2D eigenvalue weighted by Crippen LogP contribution is 2.24. The van der Waals surface area contributed by atoms with Gasteiger partial charge in [0.25, 0.3) is 0 Å². The summed E-state index contributed by atoms with van der Waals surface area (Å²) in [6, 6.07) is 1.65. The highest BCUT2D eigenvalue weighted by molar-refractivity contribution is 7.99. The van der Waals surface area contributed by atoms with Gasteiger partial charge in [-0.15, -0.1) is 5.10 Å². The van der Waals surface area contributed by atoms with Gasteiger partial charge in [0, 0.05) is 20.2 Å². The molecule has 0 atom stereocenters. The van der Waals surface area contributed by atoms with Crippen LogP contribution in [0.15, 0.2) is 16.2 Å². The van der Waals surface area contributed by atoms with Crippen molar-refractivity contribution in [3.05, 3.63) is 17.0 Å². The van der Waals surface area contributed by atoms with Crippen molar-refractivity contribution in [1.29, 1.82) is 0 Å². The number of nitrogens with zero attached hydrogens (tertiary/aromatic N) is 6. The smallest absolute Gasteiger partial charge is 0.215 e. The fraction of sp³-hybridized carbons (Fsp3) is 0.375. The van der Waals surface area contributed by atoms with Gasteiger partial charge in [0.1, 0.15) is 16.8 Å². The van der Waals surface area contributed by atoms with Gasteiger partial charge in [-0.2, -0.15) is 0 Å². The Morgan fingerprint density at radius 2 is 2.29 bits per heavy atom. The van der Waals surface area contributed by atoms with Crippen molar-refractivity contribution in [3.63, 3.8) is 0 Å². The normalized spacial score (nSPS) is 10.8. The summed E-state index contributed by atoms with van der Waals surface area (Å²) in [6.07, 6.45) is 0. The van der Waals surface area contributed by atoms with Crippen LogP contribution in [0.2, 0.25) is 5.15 Å². The van der Waals surface area contributed by atoms with Crippen LogP contribution in [0.1, 0.15) is 5.82 Å². The number of aromatic nitrogens is 6. The predicted octanol–water partition coefficient (Wildman–Crippen LogP) is 0.951. The molecule has 7 nitrogen and oxygen atoms in total. The molecule has 0 saturated carbocycles. The van der Waals surface area contributed by atoms with E-state index in [0.717, 1.165) is 0 Å². The van der Waals surface area contributed by atoms with Crippen molar-refractivity contribution >= 4 is 23.4 Å². The van der Waals surface area contributed by atoms with E-state index in [1.54, 1.807) is 24.9 Å². The van der Waals surface area contributed by atoms with Crippen LogP contribution in [0.25, 0.3) is 0 Å². The average molecular weight is 273 g/mol. The molecule has 90 valence electrons. The summed E-state index contributed by atoms with van der Waals surface area (Å²) in [4.78, 5) is 8.31. The van der Waals surface area contributed by atoms with E-state index >= 15 is 0 Å². The lowest BCUT2D eigenvalue weighted by molar-refractivity contribution is 0.177. The minimum atomic E-state index is 0.311. The Labute approximate surface area is 107 Å². The molecule has 0 amide bonds. The first-order valence-electron chi connectivity index (χ1n) is 4.61. The lowest BCUT2D eigenvalue weighted by atomic mass is 10.6. The van der Waals surface area contributed by atoms with Crippen LogP contribution < -0.4 is 0 Å². The van der Waals surface area contributed by atoms with E-state index in [4.69, 9.17) is 16.3 Å². The van der Waals surface area contributed by atoms with Crippen LogP contribution in [0.3, 0.4) is 0 Å². The minimum Gasteiger partial charge on any atom is -0.377 e. The number of tetrazole rings is 1. The molecule has 0 saturated heterocycles. The topological polar surface area (TPSA) is 78.6 Å². The van der Waals surface area contributed by atoms with E-state index in [9.17, 15) is 0 Å². The van der Waals surface area contributed by atoms with E-state index in [-0.39, 0.29) is 0 Å². The standard InChI is InChI=1S/C8H9ClN6OS/c1-15-8(12-13-14-15)17-7-3-5(9)10-6(11-7)4-16-2/h3H,4H2,1-2H3. The summed E-state index contributed by atoms with van der Waals surface area (Å²) in [7, 11) is 3.32. The fourth-order valence-electron chi connectivity index (χ4n) is 1.09. The third-order valence-corrected chi connectivity index (χ3v) is 2.91. The van der Waals surface area contributed by atoms with E-state index < -0.39 is 0 Å². The third-order valence-electron chi connectivity index (χ3n) is 1.77. The Morgan fingerprint density at radius 1 is 1.47 bits per heavy atom. The van der Waals surface area contributed by atoms with Crippen molar-refractivity contribution in [2.24, 2.45) is 7.05 Å². The van der Waals surface area contributed by atoms with Gasteiger partial charge in [0.05, 0.1) is 0 Å². The van der Waals surface area contributed by atoms with Crippen LogP contribution >= 0.6 is 23.4 Å². The van der Waals surface area contributed by atoms with E-state index in [1.807, 2.05) is 0 Å². The van der Waals surface area contributed by atoms with Crippen molar-refractivity contribution < 1.29 is 4.74 Å². The maximum absolute atomic E-state index is 5.89. The Balaban J connectivity index is 2.23. The number of halogens is 1. The second-order valence-corrected chi connectivity index (χ2v) is 4.44. The summed E-state index contributed by atoms with van der Waals surface area (Å²) in [5.41, 5.74) is 0. The molecule has 2 aromatic rings. The number of rotatable bonds is 4. The number of aryl methyl sites for hydroxylation is 1. The van der Waals surface area contributed by atoms with Crippen LogP contribution in [-0.2, 0) is 18.4 Å². The van der Waals surface area contributed by atoms with Crippen LogP contribution in [0.5, 0.6) is 0 Å².